The van der Waals surface area contributed by atoms with Gasteiger partial charge >= 0.3 is 0 Å². The molecule has 0 unspecified atom stereocenters. The summed E-state index contributed by atoms with van der Waals surface area (Å²) >= 11 is -2.69. The number of aromatic nitrogens is 1. The van der Waals surface area contributed by atoms with Gasteiger partial charge in [-0.2, -0.15) is 19.4 Å². The molecule has 0 aliphatic carbocycles. The molecule has 134 valence electrons. The molecule has 0 atom stereocenters. The lowest BCUT2D eigenvalue weighted by Crippen LogP contribution is -2.15. The monoisotopic (exact) mass is 448 g/mol. The highest BCUT2D eigenvalue weighted by Crippen LogP contribution is 2.54. The van der Waals surface area contributed by atoms with Crippen LogP contribution in [0.2, 0.25) is 0 Å². The SMILES string of the molecule is O=C(Nc1c(SF)c(SF)c(SF)c(SF)c1SF)c1ccccn1. The van der Waals surface area contributed by atoms with Crippen LogP contribution in [-0.2, 0) is 0 Å². The molecule has 0 aliphatic rings. The Hall–Kier alpha value is -0.760. The van der Waals surface area contributed by atoms with Crippen LogP contribution in [0.1, 0.15) is 10.5 Å². The van der Waals surface area contributed by atoms with Crippen molar-refractivity contribution in [3.63, 3.8) is 0 Å². The predicted molar refractivity (Wildman–Crippen MR) is 93.5 cm³/mol. The number of halogens is 5. The Morgan fingerprint density at radius 3 is 1.68 bits per heavy atom. The van der Waals surface area contributed by atoms with E-state index in [1.807, 2.05) is 0 Å². The molecule has 0 saturated heterocycles. The fourth-order valence-corrected chi connectivity index (χ4v) is 4.64. The number of anilines is 1. The van der Waals surface area contributed by atoms with Gasteiger partial charge in [0, 0.05) is 6.20 Å². The van der Waals surface area contributed by atoms with Crippen molar-refractivity contribution in [3.05, 3.63) is 30.1 Å². The molecule has 1 heterocycles. The van der Waals surface area contributed by atoms with Crippen LogP contribution in [0.25, 0.3) is 0 Å². The Bertz CT molecular complexity index is 734. The van der Waals surface area contributed by atoms with Gasteiger partial charge in [0.25, 0.3) is 5.91 Å². The Balaban J connectivity index is 2.64. The van der Waals surface area contributed by atoms with Gasteiger partial charge < -0.3 is 5.32 Å². The van der Waals surface area contributed by atoms with Crippen molar-refractivity contribution in [2.75, 3.05) is 5.32 Å². The molecule has 0 radical (unpaired) electrons. The van der Waals surface area contributed by atoms with Gasteiger partial charge in [0.05, 0.1) is 90.9 Å². The topological polar surface area (TPSA) is 42.0 Å². The normalized spacial score (nSPS) is 10.8. The van der Waals surface area contributed by atoms with Crippen LogP contribution in [0.15, 0.2) is 48.9 Å². The van der Waals surface area contributed by atoms with E-state index < -0.39 is 96.8 Å². The first-order valence-electron chi connectivity index (χ1n) is 6.02. The van der Waals surface area contributed by atoms with Gasteiger partial charge in [0.2, 0.25) is 0 Å². The summed E-state index contributed by atoms with van der Waals surface area (Å²) in [6.07, 6.45) is 1.32. The van der Waals surface area contributed by atoms with Crippen molar-refractivity contribution < 1.29 is 24.2 Å². The van der Waals surface area contributed by atoms with Crippen LogP contribution >= 0.6 is 60.7 Å². The maximum atomic E-state index is 13.4. The quantitative estimate of drug-likeness (QED) is 0.449. The Labute approximate surface area is 161 Å². The van der Waals surface area contributed by atoms with Gasteiger partial charge in [-0.3, -0.25) is 9.78 Å². The second-order valence-corrected chi connectivity index (χ2v) is 6.89. The summed E-state index contributed by atoms with van der Waals surface area (Å²) in [6, 6.07) is 4.39. The average Bonchev–Trinajstić information content (AvgIpc) is 2.66. The molecule has 1 amide bonds. The molecule has 1 N–H and O–H groups in total. The molecule has 0 fully saturated rings. The van der Waals surface area contributed by atoms with Crippen LogP contribution in [0.3, 0.4) is 0 Å². The van der Waals surface area contributed by atoms with Crippen molar-refractivity contribution >= 4 is 72.3 Å². The minimum Gasteiger partial charge on any atom is -0.318 e. The molecule has 0 spiro atoms. The summed E-state index contributed by atoms with van der Waals surface area (Å²) in [6.45, 7) is 0. The summed E-state index contributed by atoms with van der Waals surface area (Å²) < 4.78 is 66.3. The standard InChI is InChI=1S/C12H5F5N2OS5/c13-21-7-6(19-12(20)5-3-1-2-4-18-5)8(22-14)10(24-16)11(25-17)9(7)23-15/h1-4H,(H,19,20). The van der Waals surface area contributed by atoms with Crippen LogP contribution in [-0.4, -0.2) is 10.9 Å². The largest absolute Gasteiger partial charge is 0.318 e. The summed E-state index contributed by atoms with van der Waals surface area (Å²) in [4.78, 5) is 13.0. The second kappa shape index (κ2) is 9.80. The number of hydrogen-bond donors (Lipinski definition) is 1. The molecule has 0 saturated carbocycles. The van der Waals surface area contributed by atoms with Gasteiger partial charge in [-0.25, -0.2) is 0 Å². The van der Waals surface area contributed by atoms with E-state index in [1.165, 1.54) is 18.3 Å². The lowest BCUT2D eigenvalue weighted by atomic mass is 10.2. The minimum atomic E-state index is -0.850. The number of carbonyl (C=O) groups is 1. The molecule has 1 aromatic carbocycles. The van der Waals surface area contributed by atoms with Gasteiger partial charge in [-0.1, -0.05) is 6.07 Å². The second-order valence-electron chi connectivity index (χ2n) is 4.08. The van der Waals surface area contributed by atoms with Crippen molar-refractivity contribution in [2.24, 2.45) is 0 Å². The van der Waals surface area contributed by atoms with Crippen LogP contribution < -0.4 is 5.32 Å². The zero-order chi connectivity index (χ0) is 18.4. The fourth-order valence-electron chi connectivity index (χ4n) is 1.79. The zero-order valence-corrected chi connectivity index (χ0v) is 15.7. The Morgan fingerprint density at radius 2 is 1.28 bits per heavy atom. The van der Waals surface area contributed by atoms with E-state index >= 15 is 0 Å². The molecule has 1 aromatic heterocycles. The summed E-state index contributed by atoms with van der Waals surface area (Å²) in [5, 5.41) is 2.18. The third-order valence-electron chi connectivity index (χ3n) is 2.80. The maximum Gasteiger partial charge on any atom is 0.274 e. The minimum absolute atomic E-state index is 0.0834. The fraction of sp³-hybridized carbons (Fsp3) is 0. The number of pyridine rings is 1. The van der Waals surface area contributed by atoms with Gasteiger partial charge in [-0.05, 0) is 12.1 Å². The molecule has 25 heavy (non-hydrogen) atoms. The first-order valence-corrected chi connectivity index (χ1v) is 9.60. The van der Waals surface area contributed by atoms with Crippen LogP contribution in [0, 0.1) is 0 Å². The van der Waals surface area contributed by atoms with Crippen molar-refractivity contribution in [2.45, 2.75) is 24.5 Å². The third-order valence-corrected chi connectivity index (χ3v) is 6.13. The van der Waals surface area contributed by atoms with E-state index in [1.54, 1.807) is 6.07 Å². The van der Waals surface area contributed by atoms with E-state index in [9.17, 15) is 24.2 Å². The molecular formula is C12H5F5N2OS5. The van der Waals surface area contributed by atoms with Gasteiger partial charge in [0.1, 0.15) is 5.69 Å². The molecule has 3 nitrogen and oxygen atoms in total. The third kappa shape index (κ3) is 4.32. The van der Waals surface area contributed by atoms with Crippen LogP contribution in [0.5, 0.6) is 0 Å². The molecule has 0 aliphatic heterocycles. The first kappa shape index (κ1) is 20.6. The first-order chi connectivity index (χ1) is 12.1. The van der Waals surface area contributed by atoms with Crippen LogP contribution in [0.4, 0.5) is 25.1 Å². The Morgan fingerprint density at radius 1 is 0.800 bits per heavy atom. The predicted octanol–water partition coefficient (Wildman–Crippen LogP) is 7.22. The van der Waals surface area contributed by atoms with Gasteiger partial charge in [0.15, 0.2) is 0 Å². The highest BCUT2D eigenvalue weighted by Gasteiger charge is 2.29. The maximum absolute atomic E-state index is 13.4. The molecule has 13 heteroatoms. The van der Waals surface area contributed by atoms with Crippen molar-refractivity contribution in [1.29, 1.82) is 0 Å². The number of amides is 1. The molecule has 2 rings (SSSR count). The lowest BCUT2D eigenvalue weighted by molar-refractivity contribution is 0.102. The summed E-state index contributed by atoms with van der Waals surface area (Å²) in [5.74, 6) is -0.850. The van der Waals surface area contributed by atoms with Crippen molar-refractivity contribution in [1.82, 2.24) is 4.98 Å². The number of rotatable bonds is 7. The van der Waals surface area contributed by atoms with E-state index in [-0.39, 0.29) is 5.69 Å². The zero-order valence-electron chi connectivity index (χ0n) is 11.6. The highest BCUT2D eigenvalue weighted by molar-refractivity contribution is 8.00. The number of nitrogens with zero attached hydrogens (tertiary/aromatic N) is 1. The van der Waals surface area contributed by atoms with Gasteiger partial charge in [-0.15, -0.1) is 0 Å². The Kier molecular flexibility index (Phi) is 8.06. The number of carbonyl (C=O) groups excluding carboxylic acids is 1. The number of hydrogen-bond acceptors (Lipinski definition) is 7. The lowest BCUT2D eigenvalue weighted by Gasteiger charge is -2.17. The van der Waals surface area contributed by atoms with E-state index in [2.05, 4.69) is 10.3 Å². The summed E-state index contributed by atoms with van der Waals surface area (Å²) in [5.41, 5.74) is -0.589. The van der Waals surface area contributed by atoms with E-state index in [0.717, 1.165) is 0 Å². The number of benzene rings is 1. The number of nitrogens with one attached hydrogen (secondary N) is 1. The van der Waals surface area contributed by atoms with E-state index in [0.29, 0.717) is 0 Å². The average molecular weight is 449 g/mol. The highest BCUT2D eigenvalue weighted by atomic mass is 32.2. The molecular weight excluding hydrogens is 443 g/mol. The summed E-state index contributed by atoms with van der Waals surface area (Å²) in [7, 11) is 0. The smallest absolute Gasteiger partial charge is 0.274 e. The molecule has 2 aromatic rings. The molecule has 0 bridgehead atoms. The van der Waals surface area contributed by atoms with E-state index in [4.69, 9.17) is 0 Å². The van der Waals surface area contributed by atoms with Crippen molar-refractivity contribution in [3.8, 4) is 0 Å².